The number of hydrogen-bond acceptors (Lipinski definition) is 7. The van der Waals surface area contributed by atoms with Crippen molar-refractivity contribution in [3.05, 3.63) is 82.3 Å². The summed E-state index contributed by atoms with van der Waals surface area (Å²) >= 11 is 0. The monoisotopic (exact) mass is 579 g/mol. The number of methoxy groups -OCH3 is 1. The summed E-state index contributed by atoms with van der Waals surface area (Å²) in [4.78, 5) is 27.8. The average molecular weight is 580 g/mol. The molecule has 1 amide bonds. The lowest BCUT2D eigenvalue weighted by molar-refractivity contribution is -0.141. The van der Waals surface area contributed by atoms with Crippen molar-refractivity contribution >= 4 is 22.5 Å². The van der Waals surface area contributed by atoms with Crippen LogP contribution in [0.5, 0.6) is 11.5 Å². The number of benzene rings is 2. The summed E-state index contributed by atoms with van der Waals surface area (Å²) in [5, 5.41) is 9.07. The minimum atomic E-state index is -4.60. The molecule has 0 spiro atoms. The predicted molar refractivity (Wildman–Crippen MR) is 150 cm³/mol. The average Bonchev–Trinajstić information content (AvgIpc) is 2.97. The van der Waals surface area contributed by atoms with Crippen LogP contribution in [0.15, 0.2) is 70.6 Å². The van der Waals surface area contributed by atoms with Crippen LogP contribution in [0, 0.1) is 5.92 Å². The van der Waals surface area contributed by atoms with Gasteiger partial charge in [0, 0.05) is 35.9 Å². The van der Waals surface area contributed by atoms with Gasteiger partial charge in [-0.2, -0.15) is 23.4 Å². The Kier molecular flexibility index (Phi) is 8.23. The molecule has 1 unspecified atom stereocenters. The molecule has 5 rings (SSSR count). The number of fused-ring (bicyclic) bond motifs is 1. The second kappa shape index (κ2) is 12.0. The van der Waals surface area contributed by atoms with E-state index in [4.69, 9.17) is 9.47 Å². The van der Waals surface area contributed by atoms with Crippen LogP contribution < -0.4 is 20.5 Å². The number of hydrogen-bond donors (Lipinski definition) is 1. The second-order valence-corrected chi connectivity index (χ2v) is 9.90. The van der Waals surface area contributed by atoms with Gasteiger partial charge in [-0.05, 0) is 73.0 Å². The quantitative estimate of drug-likeness (QED) is 0.273. The smallest absolute Gasteiger partial charge is 0.433 e. The molecule has 0 saturated carbocycles. The third-order valence-corrected chi connectivity index (χ3v) is 6.92. The normalized spacial score (nSPS) is 15.3. The van der Waals surface area contributed by atoms with Gasteiger partial charge in [-0.25, -0.2) is 15.1 Å². The molecule has 1 atom stereocenters. The lowest BCUT2D eigenvalue weighted by Crippen LogP contribution is -2.31. The number of carbonyl (C=O) groups is 1. The first kappa shape index (κ1) is 28.8. The van der Waals surface area contributed by atoms with Crippen molar-refractivity contribution in [3.8, 4) is 22.8 Å². The Morgan fingerprint density at radius 3 is 2.50 bits per heavy atom. The zero-order chi connectivity index (χ0) is 29.9. The third-order valence-electron chi connectivity index (χ3n) is 6.92. The van der Waals surface area contributed by atoms with E-state index in [1.165, 1.54) is 36.1 Å². The highest BCUT2D eigenvalue weighted by molar-refractivity contribution is 6.05. The summed E-state index contributed by atoms with van der Waals surface area (Å²) in [5.41, 5.74) is 3.96. The lowest BCUT2D eigenvalue weighted by Gasteiger charge is -2.19. The van der Waals surface area contributed by atoms with E-state index in [-0.39, 0.29) is 28.7 Å². The van der Waals surface area contributed by atoms with Crippen molar-refractivity contribution in [1.29, 1.82) is 0 Å². The van der Waals surface area contributed by atoms with E-state index in [0.717, 1.165) is 17.3 Å². The Morgan fingerprint density at radius 2 is 1.79 bits per heavy atom. The zero-order valence-corrected chi connectivity index (χ0v) is 22.9. The van der Waals surface area contributed by atoms with Crippen molar-refractivity contribution in [3.63, 3.8) is 0 Å². The van der Waals surface area contributed by atoms with E-state index in [1.807, 2.05) is 31.2 Å². The number of rotatable bonds is 9. The summed E-state index contributed by atoms with van der Waals surface area (Å²) < 4.78 is 52.2. The highest BCUT2D eigenvalue weighted by atomic mass is 19.4. The number of carbonyl (C=O) groups excluding carboxylic acids is 1. The summed E-state index contributed by atoms with van der Waals surface area (Å²) in [5.74, 6) is 0.833. The van der Waals surface area contributed by atoms with E-state index < -0.39 is 11.9 Å². The van der Waals surface area contributed by atoms with Gasteiger partial charge in [0.2, 0.25) is 5.91 Å². The maximum absolute atomic E-state index is 13.3. The van der Waals surface area contributed by atoms with Gasteiger partial charge in [0.1, 0.15) is 22.7 Å². The topological polar surface area (TPSA) is 108 Å². The van der Waals surface area contributed by atoms with E-state index in [2.05, 4.69) is 20.6 Å². The molecule has 12 heteroatoms. The maximum Gasteiger partial charge on any atom is 0.433 e. The molecule has 1 N–H and O–H groups in total. The second-order valence-electron chi connectivity index (χ2n) is 9.90. The molecule has 3 heterocycles. The van der Waals surface area contributed by atoms with Crippen LogP contribution >= 0.6 is 0 Å². The van der Waals surface area contributed by atoms with Crippen LogP contribution in [-0.4, -0.2) is 40.1 Å². The van der Waals surface area contributed by atoms with E-state index >= 15 is 0 Å². The molecule has 1 aliphatic heterocycles. The van der Waals surface area contributed by atoms with Crippen LogP contribution in [0.1, 0.15) is 37.4 Å². The number of pyridine rings is 1. The molecule has 42 heavy (non-hydrogen) atoms. The molecule has 0 aliphatic carbocycles. The number of nitrogens with one attached hydrogen (secondary N) is 1. The number of ether oxygens (including phenoxy) is 2. The number of halogens is 3. The summed E-state index contributed by atoms with van der Waals surface area (Å²) in [6, 6.07) is 15.9. The number of aryl methyl sites for hydroxylation is 1. The minimum Gasteiger partial charge on any atom is -0.494 e. The summed E-state index contributed by atoms with van der Waals surface area (Å²) in [7, 11) is 1.36. The van der Waals surface area contributed by atoms with Crippen molar-refractivity contribution in [2.45, 2.75) is 38.9 Å². The highest BCUT2D eigenvalue weighted by Crippen LogP contribution is 2.36. The van der Waals surface area contributed by atoms with Gasteiger partial charge in [-0.15, -0.1) is 0 Å². The number of unbranched alkanes of at least 4 members (excludes halogenated alkanes) is 1. The number of amides is 1. The standard InChI is InChI=1S/C30H28F3N5O4/c1-18-17-26(39)35-36-28(18)19-5-7-20(8-6-19)42-16-4-3-15-38-27(40)14-11-23(37-38)21-9-12-24(41-2)29-22(21)10-13-25(34-29)30(31,32)33/h5-14,18H,3-4,15-17H2,1-2H3,(H,35,39). The number of nitrogens with zero attached hydrogens (tertiary/aromatic N) is 4. The molecule has 1 aliphatic rings. The first-order valence-electron chi connectivity index (χ1n) is 13.4. The molecule has 0 bridgehead atoms. The van der Waals surface area contributed by atoms with Crippen molar-refractivity contribution in [1.82, 2.24) is 20.2 Å². The van der Waals surface area contributed by atoms with Gasteiger partial charge in [-0.3, -0.25) is 9.59 Å². The maximum atomic E-state index is 13.3. The minimum absolute atomic E-state index is 0.0309. The van der Waals surface area contributed by atoms with Gasteiger partial charge in [0.15, 0.2) is 0 Å². The Bertz CT molecular complexity index is 1700. The van der Waals surface area contributed by atoms with Gasteiger partial charge in [0.25, 0.3) is 5.56 Å². The first-order valence-corrected chi connectivity index (χ1v) is 13.4. The van der Waals surface area contributed by atoms with Gasteiger partial charge in [0.05, 0.1) is 25.1 Å². The molecule has 0 saturated heterocycles. The molecule has 9 nitrogen and oxygen atoms in total. The Morgan fingerprint density at radius 1 is 1.00 bits per heavy atom. The summed E-state index contributed by atoms with van der Waals surface area (Å²) in [6.45, 7) is 2.72. The number of aromatic nitrogens is 3. The largest absolute Gasteiger partial charge is 0.494 e. The van der Waals surface area contributed by atoms with Crippen molar-refractivity contribution in [2.24, 2.45) is 11.0 Å². The molecular weight excluding hydrogens is 551 g/mol. The van der Waals surface area contributed by atoms with E-state index in [1.54, 1.807) is 6.07 Å². The van der Waals surface area contributed by atoms with Crippen LogP contribution in [0.3, 0.4) is 0 Å². The Balaban J connectivity index is 1.23. The molecular formula is C30H28F3N5O4. The fourth-order valence-corrected chi connectivity index (χ4v) is 4.77. The van der Waals surface area contributed by atoms with Gasteiger partial charge in [-0.1, -0.05) is 6.92 Å². The fourth-order valence-electron chi connectivity index (χ4n) is 4.77. The highest BCUT2D eigenvalue weighted by Gasteiger charge is 2.33. The fraction of sp³-hybridized carbons (Fsp3) is 0.300. The molecule has 0 radical (unpaired) electrons. The van der Waals surface area contributed by atoms with E-state index in [0.29, 0.717) is 54.8 Å². The lowest BCUT2D eigenvalue weighted by atomic mass is 9.94. The molecule has 2 aromatic carbocycles. The molecule has 218 valence electrons. The number of hydrazone groups is 1. The van der Waals surface area contributed by atoms with Gasteiger partial charge >= 0.3 is 6.18 Å². The van der Waals surface area contributed by atoms with E-state index in [9.17, 15) is 22.8 Å². The third kappa shape index (κ3) is 6.27. The van der Waals surface area contributed by atoms with Gasteiger partial charge < -0.3 is 9.47 Å². The molecule has 4 aromatic rings. The van der Waals surface area contributed by atoms with Crippen LogP contribution in [-0.2, 0) is 17.5 Å². The van der Waals surface area contributed by atoms with Crippen molar-refractivity contribution < 1.29 is 27.4 Å². The van der Waals surface area contributed by atoms with Crippen LogP contribution in [0.25, 0.3) is 22.2 Å². The SMILES string of the molecule is COc1ccc(-c2ccc(=O)n(CCCCOc3ccc(C4=NNC(=O)CC4C)cc3)n2)c2ccc(C(F)(F)F)nc12. The number of alkyl halides is 3. The molecule has 2 aromatic heterocycles. The van der Waals surface area contributed by atoms with Crippen LogP contribution in [0.2, 0.25) is 0 Å². The first-order chi connectivity index (χ1) is 20.1. The Labute approximate surface area is 239 Å². The van der Waals surface area contributed by atoms with Crippen molar-refractivity contribution in [2.75, 3.05) is 13.7 Å². The molecule has 0 fully saturated rings. The van der Waals surface area contributed by atoms with Crippen LogP contribution in [0.4, 0.5) is 13.2 Å². The predicted octanol–water partition coefficient (Wildman–Crippen LogP) is 5.21. The Hall–Kier alpha value is -4.74. The summed E-state index contributed by atoms with van der Waals surface area (Å²) in [6.07, 6.45) is -2.93. The zero-order valence-electron chi connectivity index (χ0n) is 22.9.